The number of aliphatic hydroxyl groups excluding tert-OH is 1. The number of rotatable bonds is 5. The summed E-state index contributed by atoms with van der Waals surface area (Å²) >= 11 is 2.08. The average molecular weight is 376 g/mol. The Labute approximate surface area is 125 Å². The van der Waals surface area contributed by atoms with Gasteiger partial charge in [-0.1, -0.05) is 12.8 Å². The molecule has 0 bridgehead atoms. The molecule has 1 N–H and O–H groups in total. The maximum absolute atomic E-state index is 11.2. The van der Waals surface area contributed by atoms with Crippen LogP contribution in [0.25, 0.3) is 0 Å². The zero-order valence-electron chi connectivity index (χ0n) is 10.6. The topological polar surface area (TPSA) is 66.6 Å². The van der Waals surface area contributed by atoms with E-state index in [0.717, 1.165) is 29.3 Å². The second kappa shape index (κ2) is 6.51. The first-order valence-electron chi connectivity index (χ1n) is 6.45. The maximum Gasteiger partial charge on any atom is 0.293 e. The molecule has 0 aromatic heterocycles. The summed E-state index contributed by atoms with van der Waals surface area (Å²) in [4.78, 5) is 12.9. The van der Waals surface area contributed by atoms with Crippen LogP contribution in [0.15, 0.2) is 18.2 Å². The predicted octanol–water partition coefficient (Wildman–Crippen LogP) is 2.94. The molecular weight excluding hydrogens is 359 g/mol. The molecule has 19 heavy (non-hydrogen) atoms. The molecule has 1 aliphatic rings. The standard InChI is InChI=1S/C13H17IN2O3/c14-10-5-6-12(13(9-10)16(18)19)15(7-8-17)11-3-1-2-4-11/h5-6,9,11,17H,1-4,7-8H2. The van der Waals surface area contributed by atoms with Crippen LogP contribution in [0.3, 0.4) is 0 Å². The highest BCUT2D eigenvalue weighted by molar-refractivity contribution is 14.1. The van der Waals surface area contributed by atoms with Gasteiger partial charge in [0.1, 0.15) is 5.69 Å². The average Bonchev–Trinajstić information content (AvgIpc) is 2.90. The Morgan fingerprint density at radius 3 is 2.68 bits per heavy atom. The van der Waals surface area contributed by atoms with Gasteiger partial charge in [0.25, 0.3) is 5.69 Å². The van der Waals surface area contributed by atoms with E-state index in [9.17, 15) is 15.2 Å². The van der Waals surface area contributed by atoms with Crippen LogP contribution >= 0.6 is 22.6 Å². The lowest BCUT2D eigenvalue weighted by Gasteiger charge is -2.30. The maximum atomic E-state index is 11.2. The molecule has 0 radical (unpaired) electrons. The summed E-state index contributed by atoms with van der Waals surface area (Å²) in [7, 11) is 0. The molecule has 0 heterocycles. The zero-order valence-corrected chi connectivity index (χ0v) is 12.7. The minimum Gasteiger partial charge on any atom is -0.395 e. The van der Waals surface area contributed by atoms with Crippen LogP contribution in [-0.2, 0) is 0 Å². The number of benzene rings is 1. The number of nitro benzene ring substituents is 1. The first-order chi connectivity index (χ1) is 9.13. The molecule has 1 aromatic rings. The van der Waals surface area contributed by atoms with Gasteiger partial charge in [-0.25, -0.2) is 0 Å². The molecule has 6 heteroatoms. The fraction of sp³-hybridized carbons (Fsp3) is 0.538. The van der Waals surface area contributed by atoms with Crippen LogP contribution in [0.5, 0.6) is 0 Å². The van der Waals surface area contributed by atoms with Crippen molar-refractivity contribution in [2.24, 2.45) is 0 Å². The molecule has 0 saturated heterocycles. The van der Waals surface area contributed by atoms with Gasteiger partial charge in [0.15, 0.2) is 0 Å². The van der Waals surface area contributed by atoms with E-state index in [1.54, 1.807) is 12.1 Å². The molecule has 2 rings (SSSR count). The number of aliphatic hydroxyl groups is 1. The van der Waals surface area contributed by atoms with Crippen molar-refractivity contribution in [1.82, 2.24) is 0 Å². The van der Waals surface area contributed by atoms with Crippen molar-refractivity contribution in [2.45, 2.75) is 31.7 Å². The van der Waals surface area contributed by atoms with Gasteiger partial charge in [-0.2, -0.15) is 0 Å². The molecule has 0 spiro atoms. The largest absolute Gasteiger partial charge is 0.395 e. The van der Waals surface area contributed by atoms with Crippen LogP contribution in [-0.4, -0.2) is 29.2 Å². The summed E-state index contributed by atoms with van der Waals surface area (Å²) < 4.78 is 0.850. The fourth-order valence-electron chi connectivity index (χ4n) is 2.71. The van der Waals surface area contributed by atoms with Crippen molar-refractivity contribution in [3.05, 3.63) is 31.9 Å². The van der Waals surface area contributed by atoms with Crippen LogP contribution < -0.4 is 4.90 Å². The highest BCUT2D eigenvalue weighted by Gasteiger charge is 2.27. The second-order valence-electron chi connectivity index (χ2n) is 4.75. The predicted molar refractivity (Wildman–Crippen MR) is 82.5 cm³/mol. The van der Waals surface area contributed by atoms with E-state index in [-0.39, 0.29) is 17.2 Å². The summed E-state index contributed by atoms with van der Waals surface area (Å²) in [5, 5.41) is 20.4. The van der Waals surface area contributed by atoms with Gasteiger partial charge in [0.05, 0.1) is 11.5 Å². The molecule has 104 valence electrons. The summed E-state index contributed by atoms with van der Waals surface area (Å²) in [6, 6.07) is 5.58. The lowest BCUT2D eigenvalue weighted by atomic mass is 10.1. The Morgan fingerprint density at radius 1 is 1.42 bits per heavy atom. The Balaban J connectivity index is 2.37. The van der Waals surface area contributed by atoms with E-state index in [2.05, 4.69) is 22.6 Å². The highest BCUT2D eigenvalue weighted by atomic mass is 127. The van der Waals surface area contributed by atoms with Gasteiger partial charge in [-0.15, -0.1) is 0 Å². The fourth-order valence-corrected chi connectivity index (χ4v) is 3.18. The quantitative estimate of drug-likeness (QED) is 0.488. The van der Waals surface area contributed by atoms with Crippen molar-refractivity contribution in [2.75, 3.05) is 18.1 Å². The van der Waals surface area contributed by atoms with Crippen molar-refractivity contribution in [3.63, 3.8) is 0 Å². The van der Waals surface area contributed by atoms with Crippen LogP contribution in [0.1, 0.15) is 25.7 Å². The minimum atomic E-state index is -0.336. The molecule has 0 amide bonds. The first kappa shape index (κ1) is 14.5. The van der Waals surface area contributed by atoms with Crippen molar-refractivity contribution in [3.8, 4) is 0 Å². The SMILES string of the molecule is O=[N+]([O-])c1cc(I)ccc1N(CCO)C1CCCC1. The van der Waals surface area contributed by atoms with Crippen LogP contribution in [0.2, 0.25) is 0 Å². The molecular formula is C13H17IN2O3. The number of anilines is 1. The van der Waals surface area contributed by atoms with Gasteiger partial charge in [0.2, 0.25) is 0 Å². The summed E-state index contributed by atoms with van der Waals surface area (Å²) in [6.45, 7) is 0.464. The van der Waals surface area contributed by atoms with Crippen LogP contribution in [0, 0.1) is 13.7 Å². The number of hydrogen-bond donors (Lipinski definition) is 1. The van der Waals surface area contributed by atoms with E-state index < -0.39 is 0 Å². The second-order valence-corrected chi connectivity index (χ2v) is 5.99. The lowest BCUT2D eigenvalue weighted by molar-refractivity contribution is -0.384. The molecule has 1 aromatic carbocycles. The van der Waals surface area contributed by atoms with E-state index in [4.69, 9.17) is 0 Å². The minimum absolute atomic E-state index is 0.0135. The third-order valence-corrected chi connectivity index (χ3v) is 4.22. The van der Waals surface area contributed by atoms with Gasteiger partial charge in [-0.3, -0.25) is 10.1 Å². The summed E-state index contributed by atoms with van der Waals surface area (Å²) in [5.41, 5.74) is 0.763. The van der Waals surface area contributed by atoms with E-state index in [1.165, 1.54) is 0 Å². The lowest BCUT2D eigenvalue weighted by Crippen LogP contribution is -2.36. The van der Waals surface area contributed by atoms with Crippen molar-refractivity contribution in [1.29, 1.82) is 0 Å². The first-order valence-corrected chi connectivity index (χ1v) is 7.53. The Kier molecular flexibility index (Phi) is 4.98. The number of nitro groups is 1. The Hall–Kier alpha value is -0.890. The molecule has 0 atom stereocenters. The molecule has 1 aliphatic carbocycles. The molecule has 0 aliphatic heterocycles. The number of nitrogens with zero attached hydrogens (tertiary/aromatic N) is 2. The van der Waals surface area contributed by atoms with Gasteiger partial charge in [-0.05, 0) is 47.6 Å². The Bertz CT molecular complexity index is 461. The monoisotopic (exact) mass is 376 g/mol. The third-order valence-electron chi connectivity index (χ3n) is 3.55. The Morgan fingerprint density at radius 2 is 2.11 bits per heavy atom. The molecule has 5 nitrogen and oxygen atoms in total. The summed E-state index contributed by atoms with van der Waals surface area (Å²) in [5.74, 6) is 0. The van der Waals surface area contributed by atoms with Crippen molar-refractivity contribution >= 4 is 34.0 Å². The normalized spacial score (nSPS) is 15.7. The van der Waals surface area contributed by atoms with Gasteiger partial charge in [0, 0.05) is 22.2 Å². The third kappa shape index (κ3) is 3.36. The van der Waals surface area contributed by atoms with E-state index >= 15 is 0 Å². The van der Waals surface area contributed by atoms with E-state index in [0.29, 0.717) is 18.3 Å². The van der Waals surface area contributed by atoms with E-state index in [1.807, 2.05) is 11.0 Å². The summed E-state index contributed by atoms with van der Waals surface area (Å²) in [6.07, 6.45) is 4.40. The molecule has 1 saturated carbocycles. The van der Waals surface area contributed by atoms with Crippen molar-refractivity contribution < 1.29 is 10.0 Å². The van der Waals surface area contributed by atoms with Gasteiger partial charge < -0.3 is 10.0 Å². The molecule has 1 fully saturated rings. The molecule has 0 unspecified atom stereocenters. The number of hydrogen-bond acceptors (Lipinski definition) is 4. The van der Waals surface area contributed by atoms with Crippen LogP contribution in [0.4, 0.5) is 11.4 Å². The highest BCUT2D eigenvalue weighted by Crippen LogP contribution is 2.35. The smallest absolute Gasteiger partial charge is 0.293 e. The number of halogens is 1. The zero-order chi connectivity index (χ0) is 13.8. The van der Waals surface area contributed by atoms with Gasteiger partial charge >= 0.3 is 0 Å².